The average molecular weight is 291 g/mol. The third-order valence-corrected chi connectivity index (χ3v) is 2.85. The molecule has 0 fully saturated rings. The van der Waals surface area contributed by atoms with Crippen molar-refractivity contribution in [2.45, 2.75) is 6.92 Å². The molecular weight excluding hydrogens is 280 g/mol. The molecule has 2 aromatic rings. The molecule has 108 valence electrons. The Morgan fingerprint density at radius 2 is 1.76 bits per heavy atom. The quantitative estimate of drug-likeness (QED) is 0.912. The van der Waals surface area contributed by atoms with Gasteiger partial charge in [-0.1, -0.05) is 17.7 Å². The van der Waals surface area contributed by atoms with Crippen molar-refractivity contribution < 1.29 is 23.5 Å². The standard InChI is InChI=1S/C15H11F2NO3/c1-8-5-6-11(16)10(7-8)14(19)18-13-9(15(20)21)3-2-4-12(13)17/h2-7H,1H3,(H,18,19)(H,20,21). The van der Waals surface area contributed by atoms with Crippen LogP contribution >= 0.6 is 0 Å². The Kier molecular flexibility index (Phi) is 3.98. The third-order valence-electron chi connectivity index (χ3n) is 2.85. The van der Waals surface area contributed by atoms with E-state index in [1.165, 1.54) is 18.2 Å². The molecule has 0 radical (unpaired) electrons. The second kappa shape index (κ2) is 5.70. The molecule has 0 aliphatic heterocycles. The molecule has 0 saturated carbocycles. The third kappa shape index (κ3) is 3.05. The number of amides is 1. The molecular formula is C15H11F2NO3. The van der Waals surface area contributed by atoms with Crippen LogP contribution in [0.25, 0.3) is 0 Å². The van der Waals surface area contributed by atoms with Crippen LogP contribution in [0.5, 0.6) is 0 Å². The molecule has 0 atom stereocenters. The SMILES string of the molecule is Cc1ccc(F)c(C(=O)Nc2c(F)cccc2C(=O)O)c1. The molecule has 1 amide bonds. The lowest BCUT2D eigenvalue weighted by Gasteiger charge is -2.10. The molecule has 2 rings (SSSR count). The monoisotopic (exact) mass is 291 g/mol. The van der Waals surface area contributed by atoms with Gasteiger partial charge in [-0.05, 0) is 31.2 Å². The van der Waals surface area contributed by atoms with Gasteiger partial charge in [0.05, 0.1) is 16.8 Å². The number of benzene rings is 2. The van der Waals surface area contributed by atoms with Gasteiger partial charge in [0.15, 0.2) is 0 Å². The van der Waals surface area contributed by atoms with E-state index >= 15 is 0 Å². The molecule has 0 spiro atoms. The number of aromatic carboxylic acids is 1. The molecule has 2 aromatic carbocycles. The van der Waals surface area contributed by atoms with Gasteiger partial charge in [-0.3, -0.25) is 4.79 Å². The lowest BCUT2D eigenvalue weighted by Crippen LogP contribution is -2.17. The van der Waals surface area contributed by atoms with Gasteiger partial charge in [-0.25, -0.2) is 13.6 Å². The van der Waals surface area contributed by atoms with Crippen molar-refractivity contribution in [1.82, 2.24) is 0 Å². The molecule has 0 unspecified atom stereocenters. The van der Waals surface area contributed by atoms with Gasteiger partial charge in [0, 0.05) is 0 Å². The lowest BCUT2D eigenvalue weighted by atomic mass is 10.1. The van der Waals surface area contributed by atoms with Crippen LogP contribution in [0.3, 0.4) is 0 Å². The molecule has 6 heteroatoms. The minimum atomic E-state index is -1.39. The second-order valence-electron chi connectivity index (χ2n) is 4.40. The fraction of sp³-hybridized carbons (Fsp3) is 0.0667. The predicted octanol–water partition coefficient (Wildman–Crippen LogP) is 3.22. The Hall–Kier alpha value is -2.76. The van der Waals surface area contributed by atoms with Crippen molar-refractivity contribution in [3.8, 4) is 0 Å². The van der Waals surface area contributed by atoms with E-state index in [0.717, 1.165) is 18.2 Å². The smallest absolute Gasteiger partial charge is 0.337 e. The zero-order valence-corrected chi connectivity index (χ0v) is 11.0. The summed E-state index contributed by atoms with van der Waals surface area (Å²) in [7, 11) is 0. The molecule has 4 nitrogen and oxygen atoms in total. The van der Waals surface area contributed by atoms with Crippen LogP contribution in [-0.4, -0.2) is 17.0 Å². The first-order chi connectivity index (χ1) is 9.90. The summed E-state index contributed by atoms with van der Waals surface area (Å²) in [6.07, 6.45) is 0. The number of nitrogens with one attached hydrogen (secondary N) is 1. The maximum absolute atomic E-state index is 13.7. The molecule has 0 aliphatic carbocycles. The highest BCUT2D eigenvalue weighted by atomic mass is 19.1. The highest BCUT2D eigenvalue weighted by Crippen LogP contribution is 2.21. The second-order valence-corrected chi connectivity index (χ2v) is 4.40. The van der Waals surface area contributed by atoms with Crippen molar-refractivity contribution in [2.75, 3.05) is 5.32 Å². The number of rotatable bonds is 3. The van der Waals surface area contributed by atoms with E-state index < -0.39 is 34.8 Å². The van der Waals surface area contributed by atoms with Gasteiger partial charge in [0.1, 0.15) is 11.6 Å². The fourth-order valence-electron chi connectivity index (χ4n) is 1.82. The number of carbonyl (C=O) groups is 2. The normalized spacial score (nSPS) is 10.2. The van der Waals surface area contributed by atoms with Gasteiger partial charge >= 0.3 is 5.97 Å². The van der Waals surface area contributed by atoms with E-state index in [0.29, 0.717) is 5.56 Å². The Morgan fingerprint density at radius 1 is 1.05 bits per heavy atom. The van der Waals surface area contributed by atoms with E-state index in [1.807, 2.05) is 0 Å². The van der Waals surface area contributed by atoms with Crippen molar-refractivity contribution in [3.05, 3.63) is 64.7 Å². The van der Waals surface area contributed by atoms with Crippen LogP contribution < -0.4 is 5.32 Å². The van der Waals surface area contributed by atoms with Gasteiger partial charge in [-0.15, -0.1) is 0 Å². The minimum absolute atomic E-state index is 0.283. The van der Waals surface area contributed by atoms with Crippen LogP contribution in [0, 0.1) is 18.6 Å². The van der Waals surface area contributed by atoms with Crippen LogP contribution in [0.4, 0.5) is 14.5 Å². The van der Waals surface area contributed by atoms with Crippen molar-refractivity contribution in [3.63, 3.8) is 0 Å². The van der Waals surface area contributed by atoms with Crippen molar-refractivity contribution >= 4 is 17.6 Å². The number of hydrogen-bond donors (Lipinski definition) is 2. The minimum Gasteiger partial charge on any atom is -0.478 e. The summed E-state index contributed by atoms with van der Waals surface area (Å²) >= 11 is 0. The number of hydrogen-bond acceptors (Lipinski definition) is 2. The molecule has 0 aromatic heterocycles. The van der Waals surface area contributed by atoms with Crippen LogP contribution in [0.15, 0.2) is 36.4 Å². The zero-order valence-electron chi connectivity index (χ0n) is 11.0. The van der Waals surface area contributed by atoms with E-state index in [1.54, 1.807) is 6.92 Å². The van der Waals surface area contributed by atoms with Crippen molar-refractivity contribution in [2.24, 2.45) is 0 Å². The van der Waals surface area contributed by atoms with Gasteiger partial charge in [0.25, 0.3) is 5.91 Å². The van der Waals surface area contributed by atoms with E-state index in [2.05, 4.69) is 5.32 Å². The maximum Gasteiger partial charge on any atom is 0.337 e. The summed E-state index contributed by atoms with van der Waals surface area (Å²) in [6.45, 7) is 1.67. The van der Waals surface area contributed by atoms with Crippen LogP contribution in [0.1, 0.15) is 26.3 Å². The molecule has 0 saturated heterocycles. The average Bonchev–Trinajstić information content (AvgIpc) is 2.43. The predicted molar refractivity (Wildman–Crippen MR) is 72.4 cm³/mol. The Balaban J connectivity index is 2.41. The summed E-state index contributed by atoms with van der Waals surface area (Å²) in [5, 5.41) is 11.1. The van der Waals surface area contributed by atoms with Crippen LogP contribution in [0.2, 0.25) is 0 Å². The first kappa shape index (κ1) is 14.6. The Labute approximate surface area is 119 Å². The van der Waals surface area contributed by atoms with Crippen molar-refractivity contribution in [1.29, 1.82) is 0 Å². The highest BCUT2D eigenvalue weighted by Gasteiger charge is 2.19. The zero-order chi connectivity index (χ0) is 15.6. The Bertz CT molecular complexity index is 729. The van der Waals surface area contributed by atoms with Gasteiger partial charge in [0.2, 0.25) is 0 Å². The molecule has 0 bridgehead atoms. The first-order valence-electron chi connectivity index (χ1n) is 5.99. The summed E-state index contributed by atoms with van der Waals surface area (Å²) < 4.78 is 27.3. The summed E-state index contributed by atoms with van der Waals surface area (Å²) in [6, 6.07) is 7.26. The topological polar surface area (TPSA) is 66.4 Å². The Morgan fingerprint density at radius 3 is 2.43 bits per heavy atom. The first-order valence-corrected chi connectivity index (χ1v) is 5.99. The summed E-state index contributed by atoms with van der Waals surface area (Å²) in [5.74, 6) is -3.99. The van der Waals surface area contributed by atoms with E-state index in [4.69, 9.17) is 5.11 Å². The number of carboxylic acid groups (broad SMARTS) is 1. The number of anilines is 1. The fourth-order valence-corrected chi connectivity index (χ4v) is 1.82. The molecule has 2 N–H and O–H groups in total. The van der Waals surface area contributed by atoms with E-state index in [9.17, 15) is 18.4 Å². The number of halogens is 2. The largest absolute Gasteiger partial charge is 0.478 e. The van der Waals surface area contributed by atoms with Gasteiger partial charge < -0.3 is 10.4 Å². The summed E-state index contributed by atoms with van der Waals surface area (Å²) in [5.41, 5.74) is -0.532. The van der Waals surface area contributed by atoms with Gasteiger partial charge in [-0.2, -0.15) is 0 Å². The number of para-hydroxylation sites is 1. The number of carbonyl (C=O) groups excluding carboxylic acids is 1. The molecule has 0 aliphatic rings. The summed E-state index contributed by atoms with van der Waals surface area (Å²) in [4.78, 5) is 23.0. The highest BCUT2D eigenvalue weighted by molar-refractivity contribution is 6.08. The molecule has 0 heterocycles. The number of aryl methyl sites for hydroxylation is 1. The lowest BCUT2D eigenvalue weighted by molar-refractivity contribution is 0.0697. The number of carboxylic acids is 1. The maximum atomic E-state index is 13.7. The van der Waals surface area contributed by atoms with Crippen LogP contribution in [-0.2, 0) is 0 Å². The van der Waals surface area contributed by atoms with E-state index in [-0.39, 0.29) is 5.56 Å². The molecule has 21 heavy (non-hydrogen) atoms.